The van der Waals surface area contributed by atoms with Gasteiger partial charge in [0.1, 0.15) is 0 Å². The van der Waals surface area contributed by atoms with Crippen LogP contribution in [-0.2, 0) is 0 Å². The van der Waals surface area contributed by atoms with E-state index < -0.39 is 5.91 Å². The van der Waals surface area contributed by atoms with Crippen molar-refractivity contribution in [1.29, 1.82) is 0 Å². The monoisotopic (exact) mass is 248 g/mol. The van der Waals surface area contributed by atoms with E-state index in [0.717, 1.165) is 0 Å². The second kappa shape index (κ2) is 3.89. The number of carbonyl (C=O) groups is 1. The van der Waals surface area contributed by atoms with Crippen LogP contribution in [0.15, 0.2) is 22.7 Å². The number of hydrazine groups is 1. The molecule has 1 aromatic carbocycles. The summed E-state index contributed by atoms with van der Waals surface area (Å²) in [5.74, 6) is 4.55. The summed E-state index contributed by atoms with van der Waals surface area (Å²) >= 11 is 8.99. The molecule has 3 nitrogen and oxygen atoms in total. The highest BCUT2D eigenvalue weighted by Gasteiger charge is 2.09. The van der Waals surface area contributed by atoms with Gasteiger partial charge in [-0.05, 0) is 28.1 Å². The maximum atomic E-state index is 11.0. The topological polar surface area (TPSA) is 55.1 Å². The zero-order valence-corrected chi connectivity index (χ0v) is 8.32. The molecule has 64 valence electrons. The maximum absolute atomic E-state index is 11.0. The standard InChI is InChI=1S/C7H6BrClN2O/c8-5-3-1-2-4(6(5)9)7(12)11-10/h1-3H,10H2,(H,11,12). The molecule has 5 heteroatoms. The first-order valence-corrected chi connectivity index (χ1v) is 4.29. The van der Waals surface area contributed by atoms with E-state index in [9.17, 15) is 4.79 Å². The van der Waals surface area contributed by atoms with E-state index in [-0.39, 0.29) is 0 Å². The number of rotatable bonds is 1. The first kappa shape index (κ1) is 9.51. The first-order valence-electron chi connectivity index (χ1n) is 3.11. The molecule has 12 heavy (non-hydrogen) atoms. The van der Waals surface area contributed by atoms with Gasteiger partial charge in [0.2, 0.25) is 0 Å². The zero-order chi connectivity index (χ0) is 9.14. The summed E-state index contributed by atoms with van der Waals surface area (Å²) in [6.45, 7) is 0. The predicted octanol–water partition coefficient (Wildman–Crippen LogP) is 1.71. The van der Waals surface area contributed by atoms with Gasteiger partial charge in [0.25, 0.3) is 5.91 Å². The molecule has 0 saturated carbocycles. The Morgan fingerprint density at radius 2 is 2.25 bits per heavy atom. The second-order valence-corrected chi connectivity index (χ2v) is 3.31. The average Bonchev–Trinajstić information content (AvgIpc) is 2.08. The van der Waals surface area contributed by atoms with Gasteiger partial charge in [0.15, 0.2) is 0 Å². The minimum atomic E-state index is -0.402. The van der Waals surface area contributed by atoms with Crippen molar-refractivity contribution in [2.45, 2.75) is 0 Å². The highest BCUT2D eigenvalue weighted by molar-refractivity contribution is 9.10. The fourth-order valence-corrected chi connectivity index (χ4v) is 1.33. The molecule has 0 atom stereocenters. The van der Waals surface area contributed by atoms with Crippen LogP contribution in [0.3, 0.4) is 0 Å². The number of hydrogen-bond acceptors (Lipinski definition) is 2. The lowest BCUT2D eigenvalue weighted by molar-refractivity contribution is 0.0954. The summed E-state index contributed by atoms with van der Waals surface area (Å²) in [5, 5.41) is 0.362. The minimum Gasteiger partial charge on any atom is -0.290 e. The molecule has 0 aromatic heterocycles. The van der Waals surface area contributed by atoms with Crippen LogP contribution >= 0.6 is 27.5 Å². The van der Waals surface area contributed by atoms with Crippen molar-refractivity contribution < 1.29 is 4.79 Å². The molecule has 0 aliphatic rings. The normalized spacial score (nSPS) is 9.58. The third-order valence-corrected chi connectivity index (χ3v) is 2.62. The minimum absolute atomic E-state index is 0.355. The Balaban J connectivity index is 3.16. The van der Waals surface area contributed by atoms with Crippen LogP contribution < -0.4 is 11.3 Å². The Kier molecular flexibility index (Phi) is 3.08. The van der Waals surface area contributed by atoms with Crippen molar-refractivity contribution in [3.8, 4) is 0 Å². The van der Waals surface area contributed by atoms with E-state index in [2.05, 4.69) is 15.9 Å². The molecule has 1 aromatic rings. The van der Waals surface area contributed by atoms with Crippen molar-refractivity contribution in [1.82, 2.24) is 5.43 Å². The fourth-order valence-electron chi connectivity index (χ4n) is 0.757. The van der Waals surface area contributed by atoms with Gasteiger partial charge in [-0.3, -0.25) is 10.2 Å². The van der Waals surface area contributed by atoms with Crippen LogP contribution in [0.5, 0.6) is 0 Å². The Morgan fingerprint density at radius 3 is 2.83 bits per heavy atom. The van der Waals surface area contributed by atoms with Crippen molar-refractivity contribution in [3.63, 3.8) is 0 Å². The van der Waals surface area contributed by atoms with Gasteiger partial charge < -0.3 is 0 Å². The quantitative estimate of drug-likeness (QED) is 0.452. The molecular weight excluding hydrogens is 243 g/mol. The van der Waals surface area contributed by atoms with Gasteiger partial charge in [-0.2, -0.15) is 0 Å². The summed E-state index contributed by atoms with van der Waals surface area (Å²) in [6, 6.07) is 5.05. The molecule has 0 heterocycles. The van der Waals surface area contributed by atoms with E-state index in [4.69, 9.17) is 17.4 Å². The summed E-state index contributed by atoms with van der Waals surface area (Å²) in [7, 11) is 0. The van der Waals surface area contributed by atoms with E-state index in [1.165, 1.54) is 0 Å². The molecule has 3 N–H and O–H groups in total. The van der Waals surface area contributed by atoms with Gasteiger partial charge in [0.05, 0.1) is 10.6 Å². The van der Waals surface area contributed by atoms with Crippen molar-refractivity contribution >= 4 is 33.4 Å². The highest BCUT2D eigenvalue weighted by Crippen LogP contribution is 2.25. The molecule has 0 aliphatic carbocycles. The third kappa shape index (κ3) is 1.77. The number of amides is 1. The van der Waals surface area contributed by atoms with Crippen LogP contribution in [0.1, 0.15) is 10.4 Å². The largest absolute Gasteiger partial charge is 0.290 e. The van der Waals surface area contributed by atoms with Gasteiger partial charge in [-0.25, -0.2) is 5.84 Å². The fraction of sp³-hybridized carbons (Fsp3) is 0. The summed E-state index contributed by atoms with van der Waals surface area (Å²) in [4.78, 5) is 11.0. The van der Waals surface area contributed by atoms with Crippen LogP contribution in [0, 0.1) is 0 Å². The second-order valence-electron chi connectivity index (χ2n) is 2.07. The zero-order valence-electron chi connectivity index (χ0n) is 5.97. The van der Waals surface area contributed by atoms with Crippen molar-refractivity contribution in [3.05, 3.63) is 33.3 Å². The van der Waals surface area contributed by atoms with Crippen LogP contribution in [0.4, 0.5) is 0 Å². The molecule has 0 fully saturated rings. The number of nitrogens with two attached hydrogens (primary N) is 1. The van der Waals surface area contributed by atoms with Crippen molar-refractivity contribution in [2.24, 2.45) is 5.84 Å². The molecule has 0 spiro atoms. The molecule has 0 saturated heterocycles. The number of nitrogens with one attached hydrogen (secondary N) is 1. The van der Waals surface area contributed by atoms with Crippen LogP contribution in [-0.4, -0.2) is 5.91 Å². The Labute approximate surface area is 83.0 Å². The van der Waals surface area contributed by atoms with Gasteiger partial charge >= 0.3 is 0 Å². The van der Waals surface area contributed by atoms with E-state index in [1.54, 1.807) is 18.2 Å². The number of hydrogen-bond donors (Lipinski definition) is 2. The Bertz CT molecular complexity index is 316. The van der Waals surface area contributed by atoms with E-state index in [1.807, 2.05) is 5.43 Å². The van der Waals surface area contributed by atoms with E-state index >= 15 is 0 Å². The molecule has 1 rings (SSSR count). The lowest BCUT2D eigenvalue weighted by atomic mass is 10.2. The molecule has 0 aliphatic heterocycles. The van der Waals surface area contributed by atoms with Crippen molar-refractivity contribution in [2.75, 3.05) is 0 Å². The summed E-state index contributed by atoms with van der Waals surface area (Å²) < 4.78 is 0.672. The lowest BCUT2D eigenvalue weighted by Gasteiger charge is -2.02. The molecule has 1 amide bonds. The Hall–Kier alpha value is -0.580. The molecule has 0 unspecified atom stereocenters. The van der Waals surface area contributed by atoms with E-state index in [0.29, 0.717) is 15.1 Å². The van der Waals surface area contributed by atoms with Gasteiger partial charge in [0, 0.05) is 4.47 Å². The first-order chi connectivity index (χ1) is 5.66. The SMILES string of the molecule is NNC(=O)c1cccc(Br)c1Cl. The molecule has 0 bridgehead atoms. The number of benzene rings is 1. The highest BCUT2D eigenvalue weighted by atomic mass is 79.9. The van der Waals surface area contributed by atoms with Crippen LogP contribution in [0.25, 0.3) is 0 Å². The maximum Gasteiger partial charge on any atom is 0.266 e. The van der Waals surface area contributed by atoms with Gasteiger partial charge in [-0.1, -0.05) is 17.7 Å². The summed E-state index contributed by atoms with van der Waals surface area (Å²) in [6.07, 6.45) is 0. The number of halogens is 2. The smallest absolute Gasteiger partial charge is 0.266 e. The predicted molar refractivity (Wildman–Crippen MR) is 50.8 cm³/mol. The summed E-state index contributed by atoms with van der Waals surface area (Å²) in [5.41, 5.74) is 2.36. The van der Waals surface area contributed by atoms with Crippen LogP contribution in [0.2, 0.25) is 5.02 Å². The molecular formula is C7H6BrClN2O. The number of nitrogen functional groups attached to an aromatic ring is 1. The molecule has 0 radical (unpaired) electrons. The number of carbonyl (C=O) groups excluding carboxylic acids is 1. The third-order valence-electron chi connectivity index (χ3n) is 1.33. The van der Waals surface area contributed by atoms with Gasteiger partial charge in [-0.15, -0.1) is 0 Å². The Morgan fingerprint density at radius 1 is 1.58 bits per heavy atom. The average molecular weight is 249 g/mol. The lowest BCUT2D eigenvalue weighted by Crippen LogP contribution is -2.30.